The number of carbonyl (C=O) groups excluding carboxylic acids is 4. The predicted octanol–water partition coefficient (Wildman–Crippen LogP) is 5.41. The maximum Gasteiger partial charge on any atom is 0.259 e. The van der Waals surface area contributed by atoms with Gasteiger partial charge in [0.15, 0.2) is 0 Å². The molecule has 5 N–H and O–H groups in total. The lowest BCUT2D eigenvalue weighted by molar-refractivity contribution is -0.148. The van der Waals surface area contributed by atoms with Gasteiger partial charge in [0, 0.05) is 63.1 Å². The second-order valence-corrected chi connectivity index (χ2v) is 17.9. The first-order valence-electron chi connectivity index (χ1n) is 21.6. The van der Waals surface area contributed by atoms with Gasteiger partial charge in [-0.15, -0.1) is 0 Å². The van der Waals surface area contributed by atoms with Crippen LogP contribution in [-0.4, -0.2) is 108 Å². The first kappa shape index (κ1) is 45.4. The zero-order valence-electron chi connectivity index (χ0n) is 36.9. The number of ether oxygens (including phenoxy) is 2. The molecule has 13 nitrogen and oxygen atoms in total. The van der Waals surface area contributed by atoms with Gasteiger partial charge in [0.1, 0.15) is 29.7 Å². The number of methoxy groups -OCH3 is 1. The van der Waals surface area contributed by atoms with Crippen molar-refractivity contribution in [2.45, 2.75) is 97.3 Å². The number of aromatic nitrogens is 1. The number of phenolic OH excluding ortho intramolecular Hbond substituents is 1. The van der Waals surface area contributed by atoms with Crippen LogP contribution in [0.2, 0.25) is 0 Å². The molecule has 13 heteroatoms. The molecule has 3 aromatic carbocycles. The van der Waals surface area contributed by atoms with Crippen molar-refractivity contribution in [3.8, 4) is 28.1 Å². The number of phenols is 1. The summed E-state index contributed by atoms with van der Waals surface area (Å²) in [5.74, 6) is -1.49. The molecule has 2 aliphatic rings. The molecular formula is C48H64N6O7. The fourth-order valence-electron chi connectivity index (χ4n) is 9.18. The standard InChI is InChI=1S/C48H64N6O7/c1-8-53-41-15-14-34-26-38(41)39(44(53)37-13-10-9-12-33(37)17-21-60-7)27-47(4,5)29-61-30-48(28-55)18-11-20-54(51-48)46(59)40(24-32-22-35(34)25-36(56)23-32)50-45(58)43(31(2)3)52(6)42(57)16-19-49/h9-10,12-15,22-23,25-26,28,31,40,43,51,56H,8,11,16-21,24,27,29-30,49H2,1-7H3,(H,50,58)/t40-,43-,48?/m0/s1. The summed E-state index contributed by atoms with van der Waals surface area (Å²) in [6.07, 6.45) is 3.32. The Balaban J connectivity index is 1.51. The molecule has 6 rings (SSSR count). The second-order valence-electron chi connectivity index (χ2n) is 17.9. The Hall–Kier alpha value is -5.08. The highest BCUT2D eigenvalue weighted by Gasteiger charge is 2.41. The normalized spacial score (nSPS) is 20.0. The van der Waals surface area contributed by atoms with Gasteiger partial charge >= 0.3 is 0 Å². The van der Waals surface area contributed by atoms with Gasteiger partial charge in [0.05, 0.1) is 25.5 Å². The number of rotatable bonds is 12. The van der Waals surface area contributed by atoms with Crippen molar-refractivity contribution in [3.05, 3.63) is 77.4 Å². The van der Waals surface area contributed by atoms with Crippen molar-refractivity contribution in [1.82, 2.24) is 25.2 Å². The van der Waals surface area contributed by atoms with Crippen LogP contribution in [0.5, 0.6) is 5.75 Å². The van der Waals surface area contributed by atoms with Gasteiger partial charge in [0.25, 0.3) is 5.91 Å². The molecule has 2 aliphatic heterocycles. The molecule has 3 heterocycles. The highest BCUT2D eigenvalue weighted by atomic mass is 16.5. The molecule has 1 unspecified atom stereocenters. The maximum absolute atomic E-state index is 14.7. The number of aldehydes is 1. The Morgan fingerprint density at radius 3 is 2.59 bits per heavy atom. The average molecular weight is 837 g/mol. The van der Waals surface area contributed by atoms with E-state index in [0.717, 1.165) is 52.5 Å². The number of nitrogens with zero attached hydrogens (tertiary/aromatic N) is 3. The quantitative estimate of drug-likeness (QED) is 0.136. The van der Waals surface area contributed by atoms with E-state index < -0.39 is 34.9 Å². The van der Waals surface area contributed by atoms with Crippen molar-refractivity contribution in [1.29, 1.82) is 0 Å². The van der Waals surface area contributed by atoms with Gasteiger partial charge in [-0.3, -0.25) is 19.4 Å². The molecule has 3 amide bonds. The van der Waals surface area contributed by atoms with Crippen molar-refractivity contribution in [2.75, 3.05) is 47.1 Å². The predicted molar refractivity (Wildman–Crippen MR) is 238 cm³/mol. The highest BCUT2D eigenvalue weighted by Crippen LogP contribution is 2.41. The molecule has 61 heavy (non-hydrogen) atoms. The van der Waals surface area contributed by atoms with E-state index in [1.54, 1.807) is 26.3 Å². The molecule has 0 aliphatic carbocycles. The summed E-state index contributed by atoms with van der Waals surface area (Å²) in [5, 5.41) is 16.7. The van der Waals surface area contributed by atoms with Crippen LogP contribution in [0.3, 0.4) is 0 Å². The van der Waals surface area contributed by atoms with Crippen LogP contribution in [0, 0.1) is 11.3 Å². The number of nitrogens with one attached hydrogen (secondary N) is 2. The number of aromatic hydroxyl groups is 1. The van der Waals surface area contributed by atoms with Crippen molar-refractivity contribution in [2.24, 2.45) is 17.1 Å². The topological polar surface area (TPSA) is 168 Å². The lowest BCUT2D eigenvalue weighted by atomic mass is 9.83. The Bertz CT molecular complexity index is 2230. The fraction of sp³-hybridized carbons (Fsp3) is 0.500. The Morgan fingerprint density at radius 2 is 1.89 bits per heavy atom. The van der Waals surface area contributed by atoms with E-state index in [-0.39, 0.29) is 43.6 Å². The number of hydrazine groups is 1. The Labute approximate surface area is 359 Å². The molecular weight excluding hydrogens is 773 g/mol. The van der Waals surface area contributed by atoms with E-state index in [1.165, 1.54) is 21.0 Å². The van der Waals surface area contributed by atoms with Crippen molar-refractivity contribution in [3.63, 3.8) is 0 Å². The zero-order chi connectivity index (χ0) is 44.1. The van der Waals surface area contributed by atoms with Gasteiger partial charge < -0.3 is 39.9 Å². The van der Waals surface area contributed by atoms with Gasteiger partial charge in [-0.05, 0) is 96.0 Å². The number of nitrogens with two attached hydrogens (primary N) is 1. The first-order chi connectivity index (χ1) is 29.1. The number of amides is 3. The summed E-state index contributed by atoms with van der Waals surface area (Å²) in [4.78, 5) is 56.2. The number of carbonyl (C=O) groups is 4. The largest absolute Gasteiger partial charge is 0.508 e. The summed E-state index contributed by atoms with van der Waals surface area (Å²) in [7, 11) is 3.29. The number of hydrogen-bond acceptors (Lipinski definition) is 9. The molecule has 6 bridgehead atoms. The molecule has 0 radical (unpaired) electrons. The lowest BCUT2D eigenvalue weighted by Gasteiger charge is -2.42. The van der Waals surface area contributed by atoms with Crippen LogP contribution in [0.4, 0.5) is 0 Å². The third-order valence-electron chi connectivity index (χ3n) is 12.1. The third kappa shape index (κ3) is 10.0. The Morgan fingerprint density at radius 1 is 1.11 bits per heavy atom. The molecule has 1 fully saturated rings. The monoisotopic (exact) mass is 836 g/mol. The van der Waals surface area contributed by atoms with E-state index in [2.05, 4.69) is 78.5 Å². The summed E-state index contributed by atoms with van der Waals surface area (Å²) < 4.78 is 14.4. The van der Waals surface area contributed by atoms with E-state index >= 15 is 0 Å². The number of fused-ring (bicyclic) bond motifs is 6. The minimum atomic E-state index is -1.18. The van der Waals surface area contributed by atoms with Crippen LogP contribution in [0.1, 0.15) is 70.6 Å². The second kappa shape index (κ2) is 19.3. The summed E-state index contributed by atoms with van der Waals surface area (Å²) in [5.41, 5.74) is 15.3. The minimum absolute atomic E-state index is 0.0140. The van der Waals surface area contributed by atoms with Crippen LogP contribution < -0.4 is 16.5 Å². The SMILES string of the molecule is CCn1c(-c2ccccc2CCOC)c2c3cc(ccc31)-c1cc(O)cc(c1)C[C@H](NC(=O)[C@H](C(C)C)N(C)C(=O)CCN)C(=O)N1CCCC(C=O)(COCC(C)(C)C2)N1. The fourth-order valence-corrected chi connectivity index (χ4v) is 9.18. The zero-order valence-corrected chi connectivity index (χ0v) is 36.9. The summed E-state index contributed by atoms with van der Waals surface area (Å²) in [6, 6.07) is 18.1. The van der Waals surface area contributed by atoms with E-state index in [1.807, 2.05) is 19.9 Å². The third-order valence-corrected chi connectivity index (χ3v) is 12.1. The Kier molecular flexibility index (Phi) is 14.4. The number of aryl methyl sites for hydroxylation is 1. The molecule has 328 valence electrons. The lowest BCUT2D eigenvalue weighted by Crippen LogP contribution is -2.66. The first-order valence-corrected chi connectivity index (χ1v) is 21.6. The molecule has 1 saturated heterocycles. The number of benzene rings is 3. The molecule has 1 aromatic heterocycles. The van der Waals surface area contributed by atoms with Gasteiger partial charge in [-0.25, -0.2) is 5.43 Å². The van der Waals surface area contributed by atoms with Crippen LogP contribution in [-0.2, 0) is 54.5 Å². The molecule has 0 spiro atoms. The summed E-state index contributed by atoms with van der Waals surface area (Å²) >= 11 is 0. The van der Waals surface area contributed by atoms with Crippen molar-refractivity contribution >= 4 is 34.9 Å². The van der Waals surface area contributed by atoms with Gasteiger partial charge in [-0.1, -0.05) is 64.1 Å². The molecule has 4 aromatic rings. The number of hydrogen-bond donors (Lipinski definition) is 4. The van der Waals surface area contributed by atoms with Gasteiger partial charge in [0.2, 0.25) is 11.8 Å². The van der Waals surface area contributed by atoms with Crippen LogP contribution in [0.15, 0.2) is 60.7 Å². The van der Waals surface area contributed by atoms with Crippen LogP contribution >= 0.6 is 0 Å². The van der Waals surface area contributed by atoms with Gasteiger partial charge in [-0.2, -0.15) is 0 Å². The summed E-state index contributed by atoms with van der Waals surface area (Å²) in [6.45, 7) is 12.3. The smallest absolute Gasteiger partial charge is 0.259 e. The van der Waals surface area contributed by atoms with E-state index in [4.69, 9.17) is 15.2 Å². The number of likely N-dealkylation sites (N-methyl/N-ethyl adjacent to an activating group) is 1. The van der Waals surface area contributed by atoms with E-state index in [0.29, 0.717) is 44.6 Å². The molecule has 3 atom stereocenters. The van der Waals surface area contributed by atoms with E-state index in [9.17, 15) is 24.3 Å². The maximum atomic E-state index is 14.7. The average Bonchev–Trinajstić information content (AvgIpc) is 3.53. The van der Waals surface area contributed by atoms with Crippen LogP contribution in [0.25, 0.3) is 33.3 Å². The van der Waals surface area contributed by atoms with Crippen molar-refractivity contribution < 1.29 is 33.8 Å². The molecule has 0 saturated carbocycles. The highest BCUT2D eigenvalue weighted by molar-refractivity contribution is 5.96. The minimum Gasteiger partial charge on any atom is -0.508 e.